The first-order valence-electron chi connectivity index (χ1n) is 5.57. The van der Waals surface area contributed by atoms with Crippen molar-refractivity contribution in [1.29, 1.82) is 0 Å². The van der Waals surface area contributed by atoms with E-state index in [-0.39, 0.29) is 11.9 Å². The maximum Gasteiger partial charge on any atom is 0.272 e. The van der Waals surface area contributed by atoms with Crippen molar-refractivity contribution in [3.63, 3.8) is 0 Å². The second-order valence-corrected chi connectivity index (χ2v) is 4.50. The minimum Gasteiger partial charge on any atom is -0.333 e. The van der Waals surface area contributed by atoms with E-state index in [0.717, 1.165) is 25.8 Å². The van der Waals surface area contributed by atoms with Gasteiger partial charge in [0.05, 0.1) is 12.5 Å². The topological polar surface area (TPSA) is 38.1 Å². The molecule has 1 saturated heterocycles. The Morgan fingerprint density at radius 1 is 1.62 bits per heavy atom. The maximum atomic E-state index is 12.3. The van der Waals surface area contributed by atoms with E-state index >= 15 is 0 Å². The quantitative estimate of drug-likeness (QED) is 0.739. The third-order valence-corrected chi connectivity index (χ3v) is 3.46. The monoisotopic (exact) mass is 241 g/mol. The van der Waals surface area contributed by atoms with Gasteiger partial charge in [0, 0.05) is 25.5 Å². The lowest BCUT2D eigenvalue weighted by molar-refractivity contribution is 0.0629. The fourth-order valence-corrected chi connectivity index (χ4v) is 2.46. The number of hydrogen-bond acceptors (Lipinski definition) is 2. The number of amides is 1. The van der Waals surface area contributed by atoms with Crippen molar-refractivity contribution in [2.45, 2.75) is 25.3 Å². The summed E-state index contributed by atoms with van der Waals surface area (Å²) in [6, 6.07) is 0.179. The number of imidazole rings is 1. The lowest BCUT2D eigenvalue weighted by atomic mass is 10.0. The Labute approximate surface area is 100 Å². The second-order valence-electron chi connectivity index (χ2n) is 4.19. The molecule has 2 heterocycles. The van der Waals surface area contributed by atoms with Crippen LogP contribution in [0.25, 0.3) is 0 Å². The van der Waals surface area contributed by atoms with Crippen LogP contribution >= 0.6 is 11.6 Å². The molecular weight excluding hydrogens is 226 g/mol. The summed E-state index contributed by atoms with van der Waals surface area (Å²) in [5, 5.41) is 0. The predicted molar refractivity (Wildman–Crippen MR) is 62.6 cm³/mol. The molecule has 5 heteroatoms. The zero-order chi connectivity index (χ0) is 11.5. The van der Waals surface area contributed by atoms with Gasteiger partial charge in [-0.25, -0.2) is 4.98 Å². The highest BCUT2D eigenvalue weighted by atomic mass is 35.5. The van der Waals surface area contributed by atoms with Crippen LogP contribution in [0.4, 0.5) is 0 Å². The first-order chi connectivity index (χ1) is 7.74. The number of carbonyl (C=O) groups excluding carboxylic acids is 1. The summed E-state index contributed by atoms with van der Waals surface area (Å²) in [5.74, 6) is 0.564. The molecule has 0 aromatic carbocycles. The summed E-state index contributed by atoms with van der Waals surface area (Å²) in [5.41, 5.74) is 0.636. The zero-order valence-corrected chi connectivity index (χ0v) is 10.2. The minimum atomic E-state index is 0.0466. The van der Waals surface area contributed by atoms with Gasteiger partial charge in [0.1, 0.15) is 5.69 Å². The number of hydrogen-bond donors (Lipinski definition) is 0. The van der Waals surface area contributed by atoms with E-state index < -0.39 is 0 Å². The molecular formula is C11H16ClN3O. The average Bonchev–Trinajstić information content (AvgIpc) is 2.74. The summed E-state index contributed by atoms with van der Waals surface area (Å²) >= 11 is 5.90. The molecule has 16 heavy (non-hydrogen) atoms. The fourth-order valence-electron chi connectivity index (χ4n) is 2.14. The Balaban J connectivity index is 2.17. The Kier molecular flexibility index (Phi) is 3.49. The molecule has 0 spiro atoms. The number of carbonyl (C=O) groups is 1. The van der Waals surface area contributed by atoms with Crippen LogP contribution in [0.3, 0.4) is 0 Å². The number of halogens is 1. The lowest BCUT2D eigenvalue weighted by Crippen LogP contribution is -2.45. The smallest absolute Gasteiger partial charge is 0.272 e. The highest BCUT2D eigenvalue weighted by Gasteiger charge is 2.27. The zero-order valence-electron chi connectivity index (χ0n) is 9.40. The summed E-state index contributed by atoms with van der Waals surface area (Å²) < 4.78 is 1.75. The molecule has 1 unspecified atom stereocenters. The molecule has 1 aliphatic heterocycles. The Bertz CT molecular complexity index is 377. The molecule has 1 amide bonds. The molecule has 1 atom stereocenters. The molecule has 0 N–H and O–H groups in total. The summed E-state index contributed by atoms with van der Waals surface area (Å²) in [4.78, 5) is 18.1. The number of alkyl halides is 1. The van der Waals surface area contributed by atoms with Crippen molar-refractivity contribution in [2.24, 2.45) is 7.05 Å². The van der Waals surface area contributed by atoms with Crippen molar-refractivity contribution in [1.82, 2.24) is 14.5 Å². The third kappa shape index (κ3) is 2.07. The fraction of sp³-hybridized carbons (Fsp3) is 0.636. The molecule has 0 aliphatic carbocycles. The number of piperidine rings is 1. The first kappa shape index (κ1) is 11.5. The SMILES string of the molecule is Cn1cncc1C(=O)N1CCCCC1CCl. The van der Waals surface area contributed by atoms with E-state index in [1.54, 1.807) is 17.1 Å². The van der Waals surface area contributed by atoms with Crippen molar-refractivity contribution >= 4 is 17.5 Å². The number of aromatic nitrogens is 2. The highest BCUT2D eigenvalue weighted by Crippen LogP contribution is 2.20. The van der Waals surface area contributed by atoms with Crippen molar-refractivity contribution < 1.29 is 4.79 Å². The van der Waals surface area contributed by atoms with Gasteiger partial charge in [-0.3, -0.25) is 4.79 Å². The first-order valence-corrected chi connectivity index (χ1v) is 6.10. The van der Waals surface area contributed by atoms with Crippen LogP contribution in [0, 0.1) is 0 Å². The van der Waals surface area contributed by atoms with E-state index in [2.05, 4.69) is 4.98 Å². The van der Waals surface area contributed by atoms with Gasteiger partial charge < -0.3 is 9.47 Å². The number of nitrogens with zero attached hydrogens (tertiary/aromatic N) is 3. The molecule has 1 fully saturated rings. The maximum absolute atomic E-state index is 12.3. The van der Waals surface area contributed by atoms with E-state index in [4.69, 9.17) is 11.6 Å². The standard InChI is InChI=1S/C11H16ClN3O/c1-14-8-13-7-10(14)11(16)15-5-3-2-4-9(15)6-12/h7-9H,2-6H2,1H3. The number of rotatable bonds is 2. The Morgan fingerprint density at radius 2 is 2.44 bits per heavy atom. The average molecular weight is 242 g/mol. The van der Waals surface area contributed by atoms with E-state index in [9.17, 15) is 4.79 Å². The summed E-state index contributed by atoms with van der Waals surface area (Å²) in [7, 11) is 1.83. The van der Waals surface area contributed by atoms with Gasteiger partial charge in [-0.15, -0.1) is 11.6 Å². The van der Waals surface area contributed by atoms with Crippen LogP contribution < -0.4 is 0 Å². The van der Waals surface area contributed by atoms with Gasteiger partial charge in [0.2, 0.25) is 0 Å². The summed E-state index contributed by atoms with van der Waals surface area (Å²) in [6.45, 7) is 0.807. The molecule has 0 radical (unpaired) electrons. The highest BCUT2D eigenvalue weighted by molar-refractivity contribution is 6.18. The van der Waals surface area contributed by atoms with Gasteiger partial charge in [-0.2, -0.15) is 0 Å². The third-order valence-electron chi connectivity index (χ3n) is 3.10. The van der Waals surface area contributed by atoms with E-state index in [1.807, 2.05) is 11.9 Å². The summed E-state index contributed by atoms with van der Waals surface area (Å²) in [6.07, 6.45) is 6.49. The normalized spacial score (nSPS) is 21.1. The molecule has 1 aromatic rings. The molecule has 1 aromatic heterocycles. The van der Waals surface area contributed by atoms with Crippen LogP contribution in [-0.2, 0) is 7.05 Å². The van der Waals surface area contributed by atoms with E-state index in [1.165, 1.54) is 0 Å². The van der Waals surface area contributed by atoms with Crippen LogP contribution in [0.1, 0.15) is 29.8 Å². The van der Waals surface area contributed by atoms with E-state index in [0.29, 0.717) is 11.6 Å². The van der Waals surface area contributed by atoms with Crippen LogP contribution in [0.15, 0.2) is 12.5 Å². The Hall–Kier alpha value is -1.03. The van der Waals surface area contributed by atoms with Gasteiger partial charge in [-0.05, 0) is 19.3 Å². The molecule has 2 rings (SSSR count). The largest absolute Gasteiger partial charge is 0.333 e. The van der Waals surface area contributed by atoms with Gasteiger partial charge in [0.15, 0.2) is 0 Å². The molecule has 0 bridgehead atoms. The minimum absolute atomic E-state index is 0.0466. The van der Waals surface area contributed by atoms with Gasteiger partial charge in [0.25, 0.3) is 5.91 Å². The molecule has 1 aliphatic rings. The van der Waals surface area contributed by atoms with Gasteiger partial charge in [-0.1, -0.05) is 0 Å². The predicted octanol–water partition coefficient (Wildman–Crippen LogP) is 1.65. The van der Waals surface area contributed by atoms with Crippen molar-refractivity contribution in [3.05, 3.63) is 18.2 Å². The number of likely N-dealkylation sites (tertiary alicyclic amines) is 1. The molecule has 88 valence electrons. The lowest BCUT2D eigenvalue weighted by Gasteiger charge is -2.34. The van der Waals surface area contributed by atoms with Crippen LogP contribution in [-0.4, -0.2) is 38.8 Å². The molecule has 4 nitrogen and oxygen atoms in total. The number of aryl methyl sites for hydroxylation is 1. The van der Waals surface area contributed by atoms with Crippen LogP contribution in [0.2, 0.25) is 0 Å². The van der Waals surface area contributed by atoms with Crippen molar-refractivity contribution in [3.8, 4) is 0 Å². The van der Waals surface area contributed by atoms with Crippen molar-refractivity contribution in [2.75, 3.05) is 12.4 Å². The second kappa shape index (κ2) is 4.87. The van der Waals surface area contributed by atoms with Crippen LogP contribution in [0.5, 0.6) is 0 Å². The Morgan fingerprint density at radius 3 is 3.06 bits per heavy atom. The molecule has 0 saturated carbocycles. The van der Waals surface area contributed by atoms with Gasteiger partial charge >= 0.3 is 0 Å².